The molecule has 2 aromatic carbocycles. The lowest BCUT2D eigenvalue weighted by Crippen LogP contribution is -3.00. The van der Waals surface area contributed by atoms with Crippen LogP contribution in [0, 0.1) is 5.92 Å². The van der Waals surface area contributed by atoms with Crippen LogP contribution in [0.25, 0.3) is 22.4 Å². The number of thiazole rings is 1. The number of hydrogen-bond donors (Lipinski definition) is 0. The predicted octanol–water partition coefficient (Wildman–Crippen LogP) is 3.40. The first-order chi connectivity index (χ1) is 13.7. The van der Waals surface area contributed by atoms with E-state index in [1.807, 2.05) is 11.3 Å². The zero-order valence-corrected chi connectivity index (χ0v) is 20.5. The molecule has 1 aliphatic rings. The van der Waals surface area contributed by atoms with E-state index in [1.54, 1.807) is 0 Å². The number of para-hydroxylation sites is 1. The van der Waals surface area contributed by atoms with Crippen molar-refractivity contribution >= 4 is 39.4 Å². The average molecular weight is 519 g/mol. The number of rotatable bonds is 6. The molecule has 3 aromatic rings. The molecular weight excluding hydrogens is 487 g/mol. The van der Waals surface area contributed by atoms with Crippen molar-refractivity contribution in [3.63, 3.8) is 0 Å². The Labute approximate surface area is 196 Å². The fourth-order valence-electron chi connectivity index (χ4n) is 4.25. The molecule has 1 aromatic heterocycles. The van der Waals surface area contributed by atoms with Crippen LogP contribution in [0.5, 0.6) is 0 Å². The van der Waals surface area contributed by atoms with Gasteiger partial charge in [0.2, 0.25) is 5.52 Å². The van der Waals surface area contributed by atoms with Gasteiger partial charge in [-0.2, -0.15) is 4.57 Å². The summed E-state index contributed by atoms with van der Waals surface area (Å²) in [5.74, 6) is 0.912. The second kappa shape index (κ2) is 10.6. The number of nitrogens with zero attached hydrogens (tertiary/aromatic N) is 2. The van der Waals surface area contributed by atoms with Gasteiger partial charge in [0.15, 0.2) is 6.54 Å². The summed E-state index contributed by atoms with van der Waals surface area (Å²) in [7, 11) is 4.16. The Morgan fingerprint density at radius 2 is 1.69 bits per heavy atom. The SMILES string of the molecule is CN(C)c1ccc(/C=C/c2sc3ccccc3[n+]2CCC2CCCCC2)cc1.[I-]. The number of aryl methyl sites for hydroxylation is 1. The maximum Gasteiger partial charge on any atom is 0.262 e. The predicted molar refractivity (Wildman–Crippen MR) is 123 cm³/mol. The molecule has 0 amide bonds. The van der Waals surface area contributed by atoms with Crippen molar-refractivity contribution < 1.29 is 28.5 Å². The quantitative estimate of drug-likeness (QED) is 0.359. The van der Waals surface area contributed by atoms with Gasteiger partial charge in [0.25, 0.3) is 5.01 Å². The number of halogens is 1. The Morgan fingerprint density at radius 1 is 0.966 bits per heavy atom. The van der Waals surface area contributed by atoms with E-state index < -0.39 is 0 Å². The maximum absolute atomic E-state index is 2.54. The van der Waals surface area contributed by atoms with Crippen molar-refractivity contribution in [1.82, 2.24) is 0 Å². The first kappa shape index (κ1) is 22.3. The minimum absolute atomic E-state index is 0. The summed E-state index contributed by atoms with van der Waals surface area (Å²) in [5, 5.41) is 1.36. The molecule has 0 spiro atoms. The monoisotopic (exact) mass is 518 g/mol. The third kappa shape index (κ3) is 5.60. The topological polar surface area (TPSA) is 7.12 Å². The van der Waals surface area contributed by atoms with Gasteiger partial charge >= 0.3 is 0 Å². The van der Waals surface area contributed by atoms with Crippen molar-refractivity contribution in [2.24, 2.45) is 5.92 Å². The summed E-state index contributed by atoms with van der Waals surface area (Å²) in [4.78, 5) is 2.14. The minimum Gasteiger partial charge on any atom is -1.00 e. The van der Waals surface area contributed by atoms with Crippen LogP contribution in [0.1, 0.15) is 49.1 Å². The number of anilines is 1. The van der Waals surface area contributed by atoms with E-state index in [0.29, 0.717) is 0 Å². The van der Waals surface area contributed by atoms with Crippen molar-refractivity contribution in [2.75, 3.05) is 19.0 Å². The van der Waals surface area contributed by atoms with E-state index in [9.17, 15) is 0 Å². The molecule has 29 heavy (non-hydrogen) atoms. The first-order valence-electron chi connectivity index (χ1n) is 10.6. The Hall–Kier alpha value is -1.40. The zero-order chi connectivity index (χ0) is 19.3. The van der Waals surface area contributed by atoms with Crippen LogP contribution in [-0.2, 0) is 6.54 Å². The van der Waals surface area contributed by atoms with Crippen LogP contribution >= 0.6 is 11.3 Å². The first-order valence-corrected chi connectivity index (χ1v) is 11.4. The number of benzene rings is 2. The summed E-state index contributed by atoms with van der Waals surface area (Å²) in [6.07, 6.45) is 13.0. The van der Waals surface area contributed by atoms with Gasteiger partial charge in [-0.05, 0) is 35.8 Å². The van der Waals surface area contributed by atoms with E-state index in [2.05, 4.69) is 84.2 Å². The number of aromatic nitrogens is 1. The number of fused-ring (bicyclic) bond motifs is 1. The standard InChI is InChI=1S/C25H31N2S.HI/c1-26(2)22-15-12-21(13-16-22)14-17-25-27(19-18-20-8-4-3-5-9-20)23-10-6-7-11-24(23)28-25;/h6-7,10-17,20H,3-5,8-9,18-19H2,1-2H3;1H/q+1;/p-1. The fourth-order valence-corrected chi connectivity index (χ4v) is 5.34. The van der Waals surface area contributed by atoms with Gasteiger partial charge in [-0.25, -0.2) is 0 Å². The molecule has 0 unspecified atom stereocenters. The number of hydrogen-bond acceptors (Lipinski definition) is 2. The Balaban J connectivity index is 0.00000240. The molecular formula is C25H31IN2S. The highest BCUT2D eigenvalue weighted by Gasteiger charge is 2.21. The molecule has 0 saturated heterocycles. The van der Waals surface area contributed by atoms with Crippen LogP contribution < -0.4 is 33.4 Å². The molecule has 4 heteroatoms. The van der Waals surface area contributed by atoms with Crippen LogP contribution in [0.4, 0.5) is 5.69 Å². The van der Waals surface area contributed by atoms with E-state index in [-0.39, 0.29) is 24.0 Å². The van der Waals surface area contributed by atoms with Crippen LogP contribution in [0.3, 0.4) is 0 Å². The summed E-state index contributed by atoms with van der Waals surface area (Å²) >= 11 is 1.91. The second-order valence-electron chi connectivity index (χ2n) is 8.17. The van der Waals surface area contributed by atoms with Crippen molar-refractivity contribution in [2.45, 2.75) is 45.1 Å². The third-order valence-corrected chi connectivity index (χ3v) is 7.08. The van der Waals surface area contributed by atoms with Crippen molar-refractivity contribution in [1.29, 1.82) is 0 Å². The average Bonchev–Trinajstić information content (AvgIpc) is 3.09. The molecule has 1 fully saturated rings. The molecule has 1 saturated carbocycles. The molecule has 0 atom stereocenters. The van der Waals surface area contributed by atoms with Crippen molar-refractivity contribution in [3.05, 3.63) is 59.1 Å². The van der Waals surface area contributed by atoms with Crippen LogP contribution in [0.2, 0.25) is 0 Å². The zero-order valence-electron chi connectivity index (χ0n) is 17.5. The molecule has 154 valence electrons. The molecule has 4 rings (SSSR count). The van der Waals surface area contributed by atoms with Crippen molar-refractivity contribution in [3.8, 4) is 0 Å². The molecule has 0 aliphatic heterocycles. The van der Waals surface area contributed by atoms with E-state index in [0.717, 1.165) is 12.5 Å². The Kier molecular flexibility index (Phi) is 8.13. The van der Waals surface area contributed by atoms with E-state index in [1.165, 1.54) is 65.0 Å². The highest BCUT2D eigenvalue weighted by Crippen LogP contribution is 2.28. The normalized spacial score (nSPS) is 15.0. The molecule has 1 heterocycles. The second-order valence-corrected chi connectivity index (χ2v) is 9.23. The smallest absolute Gasteiger partial charge is 0.262 e. The van der Waals surface area contributed by atoms with Gasteiger partial charge in [-0.3, -0.25) is 0 Å². The maximum atomic E-state index is 2.54. The minimum atomic E-state index is 0. The fraction of sp³-hybridized carbons (Fsp3) is 0.400. The third-order valence-electron chi connectivity index (χ3n) is 5.95. The van der Waals surface area contributed by atoms with Crippen LogP contribution in [-0.4, -0.2) is 14.1 Å². The van der Waals surface area contributed by atoms with Gasteiger partial charge in [0, 0.05) is 38.3 Å². The van der Waals surface area contributed by atoms with E-state index >= 15 is 0 Å². The van der Waals surface area contributed by atoms with Gasteiger partial charge in [0.1, 0.15) is 4.70 Å². The Bertz CT molecular complexity index is 937. The lowest BCUT2D eigenvalue weighted by molar-refractivity contribution is -0.670. The molecule has 0 N–H and O–H groups in total. The Morgan fingerprint density at radius 3 is 2.41 bits per heavy atom. The largest absolute Gasteiger partial charge is 1.00 e. The lowest BCUT2D eigenvalue weighted by atomic mass is 9.87. The van der Waals surface area contributed by atoms with Crippen LogP contribution in [0.15, 0.2) is 48.5 Å². The molecule has 1 aliphatic carbocycles. The summed E-state index contributed by atoms with van der Waals surface area (Å²) in [6.45, 7) is 1.13. The van der Waals surface area contributed by atoms with Gasteiger partial charge in [-0.15, -0.1) is 0 Å². The highest BCUT2D eigenvalue weighted by molar-refractivity contribution is 7.18. The summed E-state index contributed by atoms with van der Waals surface area (Å²) in [5.41, 5.74) is 3.87. The summed E-state index contributed by atoms with van der Waals surface area (Å²) in [6, 6.07) is 17.6. The summed E-state index contributed by atoms with van der Waals surface area (Å²) < 4.78 is 3.92. The van der Waals surface area contributed by atoms with Gasteiger partial charge in [0.05, 0.1) is 0 Å². The van der Waals surface area contributed by atoms with Gasteiger partial charge in [-0.1, -0.05) is 67.7 Å². The molecule has 2 nitrogen and oxygen atoms in total. The van der Waals surface area contributed by atoms with E-state index in [4.69, 9.17) is 0 Å². The highest BCUT2D eigenvalue weighted by atomic mass is 127. The lowest BCUT2D eigenvalue weighted by Gasteiger charge is -2.19. The molecule has 0 radical (unpaired) electrons. The van der Waals surface area contributed by atoms with Gasteiger partial charge < -0.3 is 28.9 Å². The molecule has 0 bridgehead atoms.